The van der Waals surface area contributed by atoms with Gasteiger partial charge in [0.25, 0.3) is 0 Å². The van der Waals surface area contributed by atoms with E-state index >= 15 is 0 Å². The number of nitrogens with one attached hydrogen (secondary N) is 1. The summed E-state index contributed by atoms with van der Waals surface area (Å²) in [5.74, 6) is 0.730. The molecular formula is C21H24N4O3. The Bertz CT molecular complexity index is 949. The quantitative estimate of drug-likeness (QED) is 0.737. The molecule has 1 aliphatic rings. The Morgan fingerprint density at radius 2 is 2.00 bits per heavy atom. The predicted octanol–water partition coefficient (Wildman–Crippen LogP) is 2.68. The minimum absolute atomic E-state index is 0.195. The van der Waals surface area contributed by atoms with Gasteiger partial charge >= 0.3 is 6.03 Å². The number of fused-ring (bicyclic) bond motifs is 1. The molecular weight excluding hydrogens is 356 g/mol. The third kappa shape index (κ3) is 3.80. The first kappa shape index (κ1) is 18.3. The maximum Gasteiger partial charge on any atom is 0.327 e. The highest BCUT2D eigenvalue weighted by atomic mass is 16.5. The second-order valence-corrected chi connectivity index (χ2v) is 6.69. The molecule has 2 heterocycles. The summed E-state index contributed by atoms with van der Waals surface area (Å²) in [5, 5.41) is 2.96. The van der Waals surface area contributed by atoms with Gasteiger partial charge in [-0.3, -0.25) is 4.57 Å². The number of methoxy groups -OCH3 is 1. The van der Waals surface area contributed by atoms with Crippen molar-refractivity contribution in [2.75, 3.05) is 44.9 Å². The van der Waals surface area contributed by atoms with E-state index in [9.17, 15) is 4.79 Å². The number of aromatic nitrogens is 2. The minimum Gasteiger partial charge on any atom is -0.495 e. The fourth-order valence-electron chi connectivity index (χ4n) is 3.45. The molecule has 0 unspecified atom stereocenters. The van der Waals surface area contributed by atoms with E-state index in [1.54, 1.807) is 13.4 Å². The lowest BCUT2D eigenvalue weighted by Crippen LogP contribution is -2.36. The molecule has 7 nitrogen and oxygen atoms in total. The van der Waals surface area contributed by atoms with Crippen molar-refractivity contribution in [1.29, 1.82) is 0 Å². The second kappa shape index (κ2) is 8.31. The third-order valence-corrected chi connectivity index (χ3v) is 4.95. The van der Waals surface area contributed by atoms with Crippen LogP contribution in [0, 0.1) is 0 Å². The zero-order valence-corrected chi connectivity index (χ0v) is 15.9. The Hall–Kier alpha value is -3.06. The molecule has 1 N–H and O–H groups in total. The number of morpholine rings is 1. The van der Waals surface area contributed by atoms with Crippen LogP contribution in [0.4, 0.5) is 10.5 Å². The SMILES string of the molecule is COc1cc2c(cc1N1CCOCC1)ncn2C(=O)NCCc1ccccc1. The van der Waals surface area contributed by atoms with Crippen molar-refractivity contribution >= 4 is 22.8 Å². The van der Waals surface area contributed by atoms with Gasteiger partial charge in [0.2, 0.25) is 0 Å². The molecule has 1 saturated heterocycles. The number of anilines is 1. The summed E-state index contributed by atoms with van der Waals surface area (Å²) in [7, 11) is 1.64. The number of rotatable bonds is 5. The topological polar surface area (TPSA) is 68.6 Å². The molecule has 0 saturated carbocycles. The van der Waals surface area contributed by atoms with Gasteiger partial charge in [-0.1, -0.05) is 30.3 Å². The summed E-state index contributed by atoms with van der Waals surface area (Å²) in [4.78, 5) is 19.3. The Balaban J connectivity index is 1.52. The maximum atomic E-state index is 12.6. The summed E-state index contributed by atoms with van der Waals surface area (Å²) in [5.41, 5.74) is 3.66. The van der Waals surface area contributed by atoms with Gasteiger partial charge in [0, 0.05) is 25.7 Å². The monoisotopic (exact) mass is 380 g/mol. The van der Waals surface area contributed by atoms with Crippen molar-refractivity contribution in [3.63, 3.8) is 0 Å². The molecule has 146 valence electrons. The van der Waals surface area contributed by atoms with E-state index in [0.29, 0.717) is 19.8 Å². The fraction of sp³-hybridized carbons (Fsp3) is 0.333. The van der Waals surface area contributed by atoms with Crippen LogP contribution in [0.3, 0.4) is 0 Å². The third-order valence-electron chi connectivity index (χ3n) is 4.95. The van der Waals surface area contributed by atoms with Crippen molar-refractivity contribution in [1.82, 2.24) is 14.9 Å². The van der Waals surface area contributed by atoms with Crippen LogP contribution in [0.15, 0.2) is 48.8 Å². The summed E-state index contributed by atoms with van der Waals surface area (Å²) < 4.78 is 12.6. The molecule has 1 aliphatic heterocycles. The highest BCUT2D eigenvalue weighted by Crippen LogP contribution is 2.33. The normalized spacial score (nSPS) is 14.2. The van der Waals surface area contributed by atoms with Crippen LogP contribution in [0.1, 0.15) is 5.56 Å². The highest BCUT2D eigenvalue weighted by molar-refractivity contribution is 5.92. The van der Waals surface area contributed by atoms with Crippen LogP contribution in [0.5, 0.6) is 5.75 Å². The van der Waals surface area contributed by atoms with Crippen LogP contribution in [0.25, 0.3) is 11.0 Å². The van der Waals surface area contributed by atoms with Gasteiger partial charge in [0.1, 0.15) is 12.1 Å². The average molecular weight is 380 g/mol. The van der Waals surface area contributed by atoms with Crippen LogP contribution < -0.4 is 15.0 Å². The van der Waals surface area contributed by atoms with Gasteiger partial charge in [-0.05, 0) is 18.1 Å². The van der Waals surface area contributed by atoms with Gasteiger partial charge in [-0.15, -0.1) is 0 Å². The molecule has 0 spiro atoms. The van der Waals surface area contributed by atoms with Crippen LogP contribution in [-0.4, -0.2) is 55.5 Å². The molecule has 4 rings (SSSR count). The number of hydrogen-bond donors (Lipinski definition) is 1. The van der Waals surface area contributed by atoms with Crippen molar-refractivity contribution in [3.05, 3.63) is 54.4 Å². The number of ether oxygens (including phenoxy) is 2. The van der Waals surface area contributed by atoms with Crippen molar-refractivity contribution in [2.45, 2.75) is 6.42 Å². The number of hydrogen-bond acceptors (Lipinski definition) is 5. The molecule has 28 heavy (non-hydrogen) atoms. The van der Waals surface area contributed by atoms with Gasteiger partial charge in [-0.25, -0.2) is 9.78 Å². The lowest BCUT2D eigenvalue weighted by molar-refractivity contribution is 0.122. The molecule has 3 aromatic rings. The van der Waals surface area contributed by atoms with Crippen molar-refractivity contribution in [3.8, 4) is 5.75 Å². The van der Waals surface area contributed by atoms with Gasteiger partial charge in [0.05, 0.1) is 37.0 Å². The van der Waals surface area contributed by atoms with E-state index in [1.165, 1.54) is 10.1 Å². The molecule has 2 aromatic carbocycles. The molecule has 0 bridgehead atoms. The van der Waals surface area contributed by atoms with E-state index in [0.717, 1.165) is 42.0 Å². The summed E-state index contributed by atoms with van der Waals surface area (Å²) in [6.07, 6.45) is 2.34. The lowest BCUT2D eigenvalue weighted by Gasteiger charge is -2.30. The zero-order valence-electron chi connectivity index (χ0n) is 15.9. The average Bonchev–Trinajstić information content (AvgIpc) is 3.17. The Morgan fingerprint density at radius 3 is 2.75 bits per heavy atom. The van der Waals surface area contributed by atoms with Crippen molar-refractivity contribution in [2.24, 2.45) is 0 Å². The van der Waals surface area contributed by atoms with Crippen LogP contribution >= 0.6 is 0 Å². The minimum atomic E-state index is -0.195. The number of carbonyl (C=O) groups excluding carboxylic acids is 1. The highest BCUT2D eigenvalue weighted by Gasteiger charge is 2.19. The molecule has 1 aromatic heterocycles. The lowest BCUT2D eigenvalue weighted by atomic mass is 10.1. The molecule has 0 radical (unpaired) electrons. The maximum absolute atomic E-state index is 12.6. The smallest absolute Gasteiger partial charge is 0.327 e. The van der Waals surface area contributed by atoms with E-state index in [1.807, 2.05) is 30.3 Å². The Kier molecular flexibility index (Phi) is 5.43. The van der Waals surface area contributed by atoms with Gasteiger partial charge in [0.15, 0.2) is 0 Å². The predicted molar refractivity (Wildman–Crippen MR) is 108 cm³/mol. The first-order chi connectivity index (χ1) is 13.8. The first-order valence-corrected chi connectivity index (χ1v) is 9.46. The van der Waals surface area contributed by atoms with E-state index < -0.39 is 0 Å². The van der Waals surface area contributed by atoms with E-state index in [4.69, 9.17) is 9.47 Å². The van der Waals surface area contributed by atoms with Crippen LogP contribution in [-0.2, 0) is 11.2 Å². The Morgan fingerprint density at radius 1 is 1.21 bits per heavy atom. The van der Waals surface area contributed by atoms with Crippen molar-refractivity contribution < 1.29 is 14.3 Å². The molecule has 7 heteroatoms. The number of amides is 1. The molecule has 0 atom stereocenters. The summed E-state index contributed by atoms with van der Waals surface area (Å²) in [6, 6.07) is 13.8. The summed E-state index contributed by atoms with van der Waals surface area (Å²) >= 11 is 0. The first-order valence-electron chi connectivity index (χ1n) is 9.46. The largest absolute Gasteiger partial charge is 0.495 e. The summed E-state index contributed by atoms with van der Waals surface area (Å²) in [6.45, 7) is 3.56. The standard InChI is InChI=1S/C21H24N4O3/c1-27-20-14-18-17(13-19(20)24-9-11-28-12-10-24)23-15-25(18)21(26)22-8-7-16-5-3-2-4-6-16/h2-6,13-15H,7-12H2,1H3,(H,22,26). The number of nitrogens with zero attached hydrogens (tertiary/aromatic N) is 3. The second-order valence-electron chi connectivity index (χ2n) is 6.69. The fourth-order valence-corrected chi connectivity index (χ4v) is 3.45. The van der Waals surface area contributed by atoms with Crippen LogP contribution in [0.2, 0.25) is 0 Å². The number of carbonyl (C=O) groups is 1. The number of imidazole rings is 1. The molecule has 0 aliphatic carbocycles. The molecule has 1 amide bonds. The molecule has 1 fully saturated rings. The van der Waals surface area contributed by atoms with E-state index in [-0.39, 0.29) is 6.03 Å². The van der Waals surface area contributed by atoms with Gasteiger partial charge in [-0.2, -0.15) is 0 Å². The number of benzene rings is 2. The Labute approximate surface area is 163 Å². The zero-order chi connectivity index (χ0) is 19.3. The van der Waals surface area contributed by atoms with E-state index in [2.05, 4.69) is 27.3 Å². The van der Waals surface area contributed by atoms with Gasteiger partial charge < -0.3 is 19.7 Å².